The molecular weight excluding hydrogens is 278 g/mol. The van der Waals surface area contributed by atoms with Gasteiger partial charge in [-0.2, -0.15) is 5.26 Å². The standard InChI is InChI=1S/C15H10ClNO3/c1-9-5-6-10(8-17)7-13(9)20-12-4-2-3-11(16)14(12)15(18)19/h2-7H,1H3,(H,18,19). The third kappa shape index (κ3) is 2.73. The van der Waals surface area contributed by atoms with Gasteiger partial charge in [0.25, 0.3) is 0 Å². The molecule has 0 aromatic heterocycles. The van der Waals surface area contributed by atoms with Gasteiger partial charge in [0.15, 0.2) is 0 Å². The number of rotatable bonds is 3. The van der Waals surface area contributed by atoms with Gasteiger partial charge in [0.1, 0.15) is 17.1 Å². The van der Waals surface area contributed by atoms with E-state index in [4.69, 9.17) is 21.6 Å². The number of nitriles is 1. The van der Waals surface area contributed by atoms with E-state index in [1.165, 1.54) is 12.1 Å². The van der Waals surface area contributed by atoms with Crippen LogP contribution in [0.25, 0.3) is 0 Å². The van der Waals surface area contributed by atoms with Crippen LogP contribution in [0.3, 0.4) is 0 Å². The van der Waals surface area contributed by atoms with Crippen molar-refractivity contribution in [3.8, 4) is 17.6 Å². The van der Waals surface area contributed by atoms with Crippen molar-refractivity contribution in [1.29, 1.82) is 5.26 Å². The van der Waals surface area contributed by atoms with Crippen LogP contribution in [-0.2, 0) is 0 Å². The highest BCUT2D eigenvalue weighted by atomic mass is 35.5. The number of ether oxygens (including phenoxy) is 1. The molecule has 0 unspecified atom stereocenters. The van der Waals surface area contributed by atoms with E-state index in [1.807, 2.05) is 13.0 Å². The van der Waals surface area contributed by atoms with Crippen LogP contribution in [0.4, 0.5) is 0 Å². The van der Waals surface area contributed by atoms with Crippen molar-refractivity contribution in [3.63, 3.8) is 0 Å². The Balaban J connectivity index is 2.48. The molecule has 2 aromatic rings. The molecule has 20 heavy (non-hydrogen) atoms. The maximum atomic E-state index is 11.2. The average molecular weight is 288 g/mol. The Bertz CT molecular complexity index is 720. The summed E-state index contributed by atoms with van der Waals surface area (Å²) < 4.78 is 5.61. The minimum atomic E-state index is -1.17. The minimum Gasteiger partial charge on any atom is -0.478 e. The molecule has 5 heteroatoms. The molecule has 0 radical (unpaired) electrons. The second kappa shape index (κ2) is 5.64. The second-order valence-electron chi connectivity index (χ2n) is 4.11. The van der Waals surface area contributed by atoms with E-state index in [0.29, 0.717) is 11.3 Å². The summed E-state index contributed by atoms with van der Waals surface area (Å²) >= 11 is 5.88. The van der Waals surface area contributed by atoms with Gasteiger partial charge < -0.3 is 9.84 Å². The molecule has 0 aliphatic heterocycles. The first-order valence-corrected chi connectivity index (χ1v) is 6.11. The number of hydrogen-bond acceptors (Lipinski definition) is 3. The summed E-state index contributed by atoms with van der Waals surface area (Å²) in [6.45, 7) is 1.81. The first kappa shape index (κ1) is 13.9. The summed E-state index contributed by atoms with van der Waals surface area (Å²) in [5, 5.41) is 18.2. The predicted octanol–water partition coefficient (Wildman–Crippen LogP) is 4.01. The highest BCUT2D eigenvalue weighted by Crippen LogP contribution is 2.32. The third-order valence-corrected chi connectivity index (χ3v) is 3.04. The van der Waals surface area contributed by atoms with E-state index >= 15 is 0 Å². The largest absolute Gasteiger partial charge is 0.478 e. The first-order chi connectivity index (χ1) is 9.52. The molecule has 0 bridgehead atoms. The average Bonchev–Trinajstić information content (AvgIpc) is 2.41. The van der Waals surface area contributed by atoms with E-state index < -0.39 is 5.97 Å². The fourth-order valence-corrected chi connectivity index (χ4v) is 1.94. The molecule has 0 spiro atoms. The summed E-state index contributed by atoms with van der Waals surface area (Å²) in [6, 6.07) is 11.6. The van der Waals surface area contributed by atoms with Gasteiger partial charge in [-0.25, -0.2) is 4.79 Å². The van der Waals surface area contributed by atoms with E-state index in [9.17, 15) is 9.90 Å². The van der Waals surface area contributed by atoms with Gasteiger partial charge in [-0.3, -0.25) is 0 Å². The Morgan fingerprint density at radius 2 is 2.05 bits per heavy atom. The number of benzene rings is 2. The molecule has 0 aliphatic rings. The molecule has 2 aromatic carbocycles. The molecule has 0 fully saturated rings. The zero-order chi connectivity index (χ0) is 14.7. The van der Waals surface area contributed by atoms with Crippen LogP contribution in [0.15, 0.2) is 36.4 Å². The van der Waals surface area contributed by atoms with E-state index in [-0.39, 0.29) is 16.3 Å². The number of aromatic carboxylic acids is 1. The number of aryl methyl sites for hydroxylation is 1. The second-order valence-corrected chi connectivity index (χ2v) is 4.52. The van der Waals surface area contributed by atoms with E-state index in [2.05, 4.69) is 0 Å². The van der Waals surface area contributed by atoms with Crippen LogP contribution in [-0.4, -0.2) is 11.1 Å². The molecule has 0 heterocycles. The molecule has 100 valence electrons. The Morgan fingerprint density at radius 3 is 2.70 bits per heavy atom. The number of nitrogens with zero attached hydrogens (tertiary/aromatic N) is 1. The number of carbonyl (C=O) groups is 1. The van der Waals surface area contributed by atoms with Crippen molar-refractivity contribution < 1.29 is 14.6 Å². The van der Waals surface area contributed by atoms with Gasteiger partial charge in [-0.05, 0) is 36.8 Å². The number of carboxylic acid groups (broad SMARTS) is 1. The van der Waals surface area contributed by atoms with Crippen molar-refractivity contribution in [1.82, 2.24) is 0 Å². The molecule has 0 amide bonds. The highest BCUT2D eigenvalue weighted by Gasteiger charge is 2.16. The van der Waals surface area contributed by atoms with Crippen LogP contribution < -0.4 is 4.74 Å². The number of carboxylic acids is 1. The molecule has 0 aliphatic carbocycles. The summed E-state index contributed by atoms with van der Waals surface area (Å²) in [6.07, 6.45) is 0. The van der Waals surface area contributed by atoms with E-state index in [0.717, 1.165) is 5.56 Å². The van der Waals surface area contributed by atoms with Crippen LogP contribution >= 0.6 is 11.6 Å². The first-order valence-electron chi connectivity index (χ1n) is 5.73. The van der Waals surface area contributed by atoms with Crippen LogP contribution in [0, 0.1) is 18.3 Å². The Kier molecular flexibility index (Phi) is 3.92. The smallest absolute Gasteiger partial charge is 0.341 e. The van der Waals surface area contributed by atoms with Crippen molar-refractivity contribution in [3.05, 3.63) is 58.1 Å². The number of halogens is 1. The molecule has 0 saturated carbocycles. The van der Waals surface area contributed by atoms with E-state index in [1.54, 1.807) is 24.3 Å². The van der Waals surface area contributed by atoms with Gasteiger partial charge in [0.05, 0.1) is 16.7 Å². The molecular formula is C15H10ClNO3. The molecule has 2 rings (SSSR count). The zero-order valence-corrected chi connectivity index (χ0v) is 11.3. The van der Waals surface area contributed by atoms with Crippen molar-refractivity contribution in [2.75, 3.05) is 0 Å². The maximum absolute atomic E-state index is 11.2. The minimum absolute atomic E-state index is 0.101. The van der Waals surface area contributed by atoms with Gasteiger partial charge in [0.2, 0.25) is 0 Å². The monoisotopic (exact) mass is 287 g/mol. The Hall–Kier alpha value is -2.51. The normalized spacial score (nSPS) is 9.85. The topological polar surface area (TPSA) is 70.3 Å². The predicted molar refractivity (Wildman–Crippen MR) is 74.4 cm³/mol. The maximum Gasteiger partial charge on any atom is 0.341 e. The quantitative estimate of drug-likeness (QED) is 0.926. The lowest BCUT2D eigenvalue weighted by molar-refractivity contribution is 0.0694. The van der Waals surface area contributed by atoms with Gasteiger partial charge in [0, 0.05) is 0 Å². The fraction of sp³-hybridized carbons (Fsp3) is 0.0667. The van der Waals surface area contributed by atoms with Gasteiger partial charge in [-0.15, -0.1) is 0 Å². The lowest BCUT2D eigenvalue weighted by Gasteiger charge is -2.12. The fourth-order valence-electron chi connectivity index (χ4n) is 1.70. The lowest BCUT2D eigenvalue weighted by Crippen LogP contribution is -2.01. The van der Waals surface area contributed by atoms with Crippen LogP contribution in [0.1, 0.15) is 21.5 Å². The van der Waals surface area contributed by atoms with Crippen molar-refractivity contribution >= 4 is 17.6 Å². The summed E-state index contributed by atoms with van der Waals surface area (Å²) in [4.78, 5) is 11.2. The molecule has 1 N–H and O–H groups in total. The Labute approximate surface area is 120 Å². The van der Waals surface area contributed by atoms with Crippen LogP contribution in [0.5, 0.6) is 11.5 Å². The molecule has 0 saturated heterocycles. The van der Waals surface area contributed by atoms with Crippen LogP contribution in [0.2, 0.25) is 5.02 Å². The van der Waals surface area contributed by atoms with Crippen molar-refractivity contribution in [2.24, 2.45) is 0 Å². The third-order valence-electron chi connectivity index (χ3n) is 2.73. The lowest BCUT2D eigenvalue weighted by atomic mass is 10.1. The summed E-state index contributed by atoms with van der Waals surface area (Å²) in [5.41, 5.74) is 1.13. The number of hydrogen-bond donors (Lipinski definition) is 1. The van der Waals surface area contributed by atoms with Crippen molar-refractivity contribution in [2.45, 2.75) is 6.92 Å². The van der Waals surface area contributed by atoms with Gasteiger partial charge in [-0.1, -0.05) is 23.7 Å². The molecule has 0 atom stereocenters. The van der Waals surface area contributed by atoms with Gasteiger partial charge >= 0.3 is 5.97 Å². The summed E-state index contributed by atoms with van der Waals surface area (Å²) in [7, 11) is 0. The Morgan fingerprint density at radius 1 is 1.30 bits per heavy atom. The zero-order valence-electron chi connectivity index (χ0n) is 10.6. The SMILES string of the molecule is Cc1ccc(C#N)cc1Oc1cccc(Cl)c1C(=O)O. The summed E-state index contributed by atoms with van der Waals surface area (Å²) in [5.74, 6) is -0.600. The molecule has 4 nitrogen and oxygen atoms in total. The highest BCUT2D eigenvalue weighted by molar-refractivity contribution is 6.33.